The SMILES string of the molecule is COCCN(CC[C@@H](Cc1cc(F)ccc1OC)c1ccccc1)Cc1ccccc1. The molecule has 3 aromatic carbocycles. The van der Waals surface area contributed by atoms with Crippen molar-refractivity contribution in [3.63, 3.8) is 0 Å². The Morgan fingerprint density at radius 1 is 0.871 bits per heavy atom. The van der Waals surface area contributed by atoms with Crippen LogP contribution in [0.25, 0.3) is 0 Å². The Morgan fingerprint density at radius 3 is 2.26 bits per heavy atom. The van der Waals surface area contributed by atoms with Gasteiger partial charge in [-0.3, -0.25) is 4.90 Å². The molecule has 3 aromatic rings. The molecule has 0 N–H and O–H groups in total. The van der Waals surface area contributed by atoms with E-state index in [0.29, 0.717) is 6.61 Å². The highest BCUT2D eigenvalue weighted by Gasteiger charge is 2.17. The predicted octanol–water partition coefficient (Wildman–Crippen LogP) is 5.70. The zero-order chi connectivity index (χ0) is 21.9. The van der Waals surface area contributed by atoms with Gasteiger partial charge in [0.2, 0.25) is 0 Å². The Kier molecular flexibility index (Phi) is 9.07. The normalized spacial score (nSPS) is 12.1. The van der Waals surface area contributed by atoms with Crippen LogP contribution in [0.5, 0.6) is 5.75 Å². The molecule has 0 bridgehead atoms. The molecular weight excluding hydrogens is 389 g/mol. The van der Waals surface area contributed by atoms with E-state index in [0.717, 1.165) is 43.8 Å². The van der Waals surface area contributed by atoms with E-state index in [1.807, 2.05) is 12.1 Å². The lowest BCUT2D eigenvalue weighted by Crippen LogP contribution is -2.29. The molecule has 0 amide bonds. The first-order valence-electron chi connectivity index (χ1n) is 10.8. The van der Waals surface area contributed by atoms with Crippen molar-refractivity contribution in [2.24, 2.45) is 0 Å². The minimum absolute atomic E-state index is 0.228. The van der Waals surface area contributed by atoms with Crippen LogP contribution in [-0.4, -0.2) is 38.8 Å². The van der Waals surface area contributed by atoms with Gasteiger partial charge in [0.1, 0.15) is 11.6 Å². The second kappa shape index (κ2) is 12.2. The number of ether oxygens (including phenoxy) is 2. The van der Waals surface area contributed by atoms with E-state index in [9.17, 15) is 4.39 Å². The zero-order valence-electron chi connectivity index (χ0n) is 18.5. The molecule has 0 saturated carbocycles. The average Bonchev–Trinajstić information content (AvgIpc) is 2.81. The molecule has 3 rings (SSSR count). The Hall–Kier alpha value is -2.69. The maximum Gasteiger partial charge on any atom is 0.123 e. The summed E-state index contributed by atoms with van der Waals surface area (Å²) in [5.74, 6) is 0.772. The molecule has 0 aliphatic carbocycles. The summed E-state index contributed by atoms with van der Waals surface area (Å²) in [4.78, 5) is 2.43. The van der Waals surface area contributed by atoms with E-state index >= 15 is 0 Å². The molecule has 0 saturated heterocycles. The summed E-state index contributed by atoms with van der Waals surface area (Å²) < 4.78 is 24.8. The van der Waals surface area contributed by atoms with Crippen LogP contribution < -0.4 is 4.74 Å². The molecule has 164 valence electrons. The molecule has 0 aromatic heterocycles. The van der Waals surface area contributed by atoms with E-state index in [2.05, 4.69) is 53.4 Å². The van der Waals surface area contributed by atoms with Gasteiger partial charge >= 0.3 is 0 Å². The van der Waals surface area contributed by atoms with Crippen LogP contribution in [0.2, 0.25) is 0 Å². The molecule has 0 spiro atoms. The van der Waals surface area contributed by atoms with Crippen molar-refractivity contribution in [2.75, 3.05) is 33.9 Å². The lowest BCUT2D eigenvalue weighted by Gasteiger charge is -2.26. The molecule has 4 heteroatoms. The molecule has 31 heavy (non-hydrogen) atoms. The highest BCUT2D eigenvalue weighted by Crippen LogP contribution is 2.30. The number of nitrogens with zero attached hydrogens (tertiary/aromatic N) is 1. The Balaban J connectivity index is 1.76. The zero-order valence-corrected chi connectivity index (χ0v) is 18.5. The number of halogens is 1. The molecule has 0 radical (unpaired) electrons. The van der Waals surface area contributed by atoms with Crippen LogP contribution in [0.3, 0.4) is 0 Å². The van der Waals surface area contributed by atoms with Gasteiger partial charge in [0.25, 0.3) is 0 Å². The smallest absolute Gasteiger partial charge is 0.123 e. The van der Waals surface area contributed by atoms with Crippen LogP contribution in [0.4, 0.5) is 4.39 Å². The fourth-order valence-electron chi connectivity index (χ4n) is 3.95. The van der Waals surface area contributed by atoms with E-state index in [-0.39, 0.29) is 11.7 Å². The molecule has 3 nitrogen and oxygen atoms in total. The predicted molar refractivity (Wildman–Crippen MR) is 124 cm³/mol. The Bertz CT molecular complexity index is 902. The summed E-state index contributed by atoms with van der Waals surface area (Å²) in [6.07, 6.45) is 1.69. The van der Waals surface area contributed by atoms with Crippen molar-refractivity contribution in [3.8, 4) is 5.75 Å². The maximum absolute atomic E-state index is 14.0. The van der Waals surface area contributed by atoms with Crippen molar-refractivity contribution in [1.29, 1.82) is 0 Å². The molecule has 0 heterocycles. The van der Waals surface area contributed by atoms with Gasteiger partial charge in [-0.15, -0.1) is 0 Å². The third kappa shape index (κ3) is 7.20. The molecule has 1 atom stereocenters. The van der Waals surface area contributed by atoms with E-state index in [4.69, 9.17) is 9.47 Å². The maximum atomic E-state index is 14.0. The van der Waals surface area contributed by atoms with Crippen LogP contribution in [0, 0.1) is 5.82 Å². The summed E-state index contributed by atoms with van der Waals surface area (Å²) in [5.41, 5.74) is 3.46. The lowest BCUT2D eigenvalue weighted by molar-refractivity contribution is 0.141. The average molecular weight is 422 g/mol. The van der Waals surface area contributed by atoms with Crippen molar-refractivity contribution >= 4 is 0 Å². The molecule has 0 fully saturated rings. The third-order valence-electron chi connectivity index (χ3n) is 5.63. The van der Waals surface area contributed by atoms with Gasteiger partial charge in [-0.05, 0) is 60.2 Å². The quantitative estimate of drug-likeness (QED) is 0.374. The summed E-state index contributed by atoms with van der Waals surface area (Å²) in [6, 6.07) is 25.8. The van der Waals surface area contributed by atoms with Gasteiger partial charge in [0.15, 0.2) is 0 Å². The van der Waals surface area contributed by atoms with Gasteiger partial charge in [-0.1, -0.05) is 60.7 Å². The summed E-state index contributed by atoms with van der Waals surface area (Å²) in [7, 11) is 3.38. The van der Waals surface area contributed by atoms with Gasteiger partial charge in [-0.25, -0.2) is 4.39 Å². The molecular formula is C27H32FNO2. The number of rotatable bonds is 12. The third-order valence-corrected chi connectivity index (χ3v) is 5.63. The minimum atomic E-state index is -0.228. The van der Waals surface area contributed by atoms with Crippen molar-refractivity contribution in [2.45, 2.75) is 25.3 Å². The van der Waals surface area contributed by atoms with Crippen LogP contribution in [-0.2, 0) is 17.7 Å². The second-order valence-electron chi connectivity index (χ2n) is 7.81. The summed E-state index contributed by atoms with van der Waals surface area (Å²) in [5, 5.41) is 0. The summed E-state index contributed by atoms with van der Waals surface area (Å²) in [6.45, 7) is 3.38. The summed E-state index contributed by atoms with van der Waals surface area (Å²) >= 11 is 0. The van der Waals surface area contributed by atoms with Gasteiger partial charge in [0, 0.05) is 20.2 Å². The fraction of sp³-hybridized carbons (Fsp3) is 0.333. The number of hydrogen-bond acceptors (Lipinski definition) is 3. The van der Waals surface area contributed by atoms with Crippen LogP contribution in [0.15, 0.2) is 78.9 Å². The van der Waals surface area contributed by atoms with Crippen molar-refractivity contribution in [1.82, 2.24) is 4.90 Å². The van der Waals surface area contributed by atoms with Gasteiger partial charge in [0.05, 0.1) is 13.7 Å². The highest BCUT2D eigenvalue weighted by atomic mass is 19.1. The van der Waals surface area contributed by atoms with Crippen molar-refractivity contribution < 1.29 is 13.9 Å². The van der Waals surface area contributed by atoms with Gasteiger partial charge < -0.3 is 9.47 Å². The monoisotopic (exact) mass is 421 g/mol. The van der Waals surface area contributed by atoms with Crippen molar-refractivity contribution in [3.05, 3.63) is 101 Å². The molecule has 0 unspecified atom stereocenters. The van der Waals surface area contributed by atoms with E-state index in [1.165, 1.54) is 17.2 Å². The highest BCUT2D eigenvalue weighted by molar-refractivity contribution is 5.36. The molecule has 0 aliphatic rings. The van der Waals surface area contributed by atoms with Crippen LogP contribution >= 0.6 is 0 Å². The number of benzene rings is 3. The first-order valence-corrected chi connectivity index (χ1v) is 10.8. The van der Waals surface area contributed by atoms with Crippen LogP contribution in [0.1, 0.15) is 29.0 Å². The standard InChI is InChI=1S/C27H32FNO2/c1-30-18-17-29(21-22-9-5-3-6-10-22)16-15-24(23-11-7-4-8-12-23)19-25-20-26(28)13-14-27(25)31-2/h3-14,20,24H,15-19,21H2,1-2H3/t24-/m0/s1. The van der Waals surface area contributed by atoms with E-state index < -0.39 is 0 Å². The first-order chi connectivity index (χ1) is 15.2. The first kappa shape index (κ1) is 23.0. The minimum Gasteiger partial charge on any atom is -0.496 e. The largest absolute Gasteiger partial charge is 0.496 e. The Labute approximate surface area is 185 Å². The fourth-order valence-corrected chi connectivity index (χ4v) is 3.95. The molecule has 0 aliphatic heterocycles. The Morgan fingerprint density at radius 2 is 1.58 bits per heavy atom. The van der Waals surface area contributed by atoms with Gasteiger partial charge in [-0.2, -0.15) is 0 Å². The second-order valence-corrected chi connectivity index (χ2v) is 7.81. The topological polar surface area (TPSA) is 21.7 Å². The number of methoxy groups -OCH3 is 2. The lowest BCUT2D eigenvalue weighted by atomic mass is 9.88. The number of hydrogen-bond donors (Lipinski definition) is 0. The van der Waals surface area contributed by atoms with E-state index in [1.54, 1.807) is 26.4 Å².